The van der Waals surface area contributed by atoms with Crippen LogP contribution in [-0.4, -0.2) is 11.6 Å². The summed E-state index contributed by atoms with van der Waals surface area (Å²) in [4.78, 5) is 23.3. The molecule has 3 unspecified atom stereocenters. The molecule has 3 aliphatic carbocycles. The van der Waals surface area contributed by atoms with Crippen LogP contribution in [0.2, 0.25) is 0 Å². The Morgan fingerprint density at radius 1 is 1.36 bits per heavy atom. The Hall–Kier alpha value is -0.660. The minimum atomic E-state index is -0.0932. The topological polar surface area (TPSA) is 34.1 Å². The Labute approximate surface area is 85.1 Å². The van der Waals surface area contributed by atoms with E-state index in [1.807, 2.05) is 0 Å². The molecule has 3 atom stereocenters. The first-order chi connectivity index (χ1) is 6.44. The van der Waals surface area contributed by atoms with Gasteiger partial charge in [-0.2, -0.15) is 0 Å². The Morgan fingerprint density at radius 3 is 2.43 bits per heavy atom. The van der Waals surface area contributed by atoms with Gasteiger partial charge in [-0.1, -0.05) is 13.8 Å². The quantitative estimate of drug-likeness (QED) is 0.641. The van der Waals surface area contributed by atoms with E-state index in [4.69, 9.17) is 0 Å². The van der Waals surface area contributed by atoms with E-state index in [0.29, 0.717) is 18.1 Å². The standard InChI is InChI=1S/C12H18O2/c1-7(13)11-8-4-5-9(10(14)6-8)12(11,2)3/h8-9,11H,4-6H2,1-3H3. The molecular weight excluding hydrogens is 176 g/mol. The highest BCUT2D eigenvalue weighted by Gasteiger charge is 2.54. The maximum absolute atomic E-state index is 11.7. The summed E-state index contributed by atoms with van der Waals surface area (Å²) in [6.07, 6.45) is 2.72. The van der Waals surface area contributed by atoms with Gasteiger partial charge in [-0.25, -0.2) is 0 Å². The lowest BCUT2D eigenvalue weighted by molar-refractivity contribution is -0.150. The highest BCUT2D eigenvalue weighted by molar-refractivity contribution is 5.89. The summed E-state index contributed by atoms with van der Waals surface area (Å²) in [6, 6.07) is 0. The van der Waals surface area contributed by atoms with Gasteiger partial charge in [-0.05, 0) is 31.1 Å². The molecule has 3 aliphatic rings. The van der Waals surface area contributed by atoms with E-state index in [1.165, 1.54) is 0 Å². The third-order valence-corrected chi connectivity index (χ3v) is 4.29. The summed E-state index contributed by atoms with van der Waals surface area (Å²) in [6.45, 7) is 5.86. The molecule has 0 heterocycles. The number of ketones is 2. The molecule has 2 bridgehead atoms. The van der Waals surface area contributed by atoms with Gasteiger partial charge in [-0.3, -0.25) is 9.59 Å². The van der Waals surface area contributed by atoms with Gasteiger partial charge in [0, 0.05) is 18.3 Å². The zero-order chi connectivity index (χ0) is 10.5. The zero-order valence-electron chi connectivity index (χ0n) is 9.17. The Bertz CT molecular complexity index is 291. The van der Waals surface area contributed by atoms with E-state index in [2.05, 4.69) is 13.8 Å². The average molecular weight is 194 g/mol. The van der Waals surface area contributed by atoms with Gasteiger partial charge in [0.15, 0.2) is 0 Å². The molecule has 78 valence electrons. The summed E-state index contributed by atoms with van der Waals surface area (Å²) in [7, 11) is 0. The number of carbonyl (C=O) groups excluding carboxylic acids is 2. The van der Waals surface area contributed by atoms with Crippen molar-refractivity contribution in [1.82, 2.24) is 0 Å². The Kier molecular flexibility index (Phi) is 2.06. The monoisotopic (exact) mass is 194 g/mol. The zero-order valence-corrected chi connectivity index (χ0v) is 9.17. The molecule has 2 nitrogen and oxygen atoms in total. The number of carbonyl (C=O) groups is 2. The lowest BCUT2D eigenvalue weighted by Crippen LogP contribution is -2.53. The summed E-state index contributed by atoms with van der Waals surface area (Å²) in [5.74, 6) is 1.27. The number of fused-ring (bicyclic) bond motifs is 3. The summed E-state index contributed by atoms with van der Waals surface area (Å²) < 4.78 is 0. The first-order valence-electron chi connectivity index (χ1n) is 5.47. The minimum absolute atomic E-state index is 0.0932. The van der Waals surface area contributed by atoms with Crippen LogP contribution in [0.1, 0.15) is 40.0 Å². The van der Waals surface area contributed by atoms with Gasteiger partial charge < -0.3 is 0 Å². The van der Waals surface area contributed by atoms with E-state index in [9.17, 15) is 9.59 Å². The SMILES string of the molecule is CC(=O)C1C2CCC(C(=O)C2)C1(C)C. The fourth-order valence-electron chi connectivity index (χ4n) is 3.80. The van der Waals surface area contributed by atoms with Crippen LogP contribution in [0, 0.1) is 23.2 Å². The van der Waals surface area contributed by atoms with Crippen LogP contribution in [0.5, 0.6) is 0 Å². The molecule has 0 aromatic carbocycles. The third-order valence-electron chi connectivity index (χ3n) is 4.29. The molecule has 0 N–H and O–H groups in total. The van der Waals surface area contributed by atoms with Crippen molar-refractivity contribution in [1.29, 1.82) is 0 Å². The maximum Gasteiger partial charge on any atom is 0.136 e. The molecule has 3 fully saturated rings. The van der Waals surface area contributed by atoms with Gasteiger partial charge in [0.1, 0.15) is 11.6 Å². The van der Waals surface area contributed by atoms with Crippen molar-refractivity contribution < 1.29 is 9.59 Å². The van der Waals surface area contributed by atoms with Gasteiger partial charge in [0.05, 0.1) is 0 Å². The predicted octanol–water partition coefficient (Wildman–Crippen LogP) is 2.22. The van der Waals surface area contributed by atoms with Crippen LogP contribution in [0.4, 0.5) is 0 Å². The van der Waals surface area contributed by atoms with Crippen LogP contribution in [-0.2, 0) is 9.59 Å². The molecule has 0 aliphatic heterocycles. The van der Waals surface area contributed by atoms with Crippen LogP contribution in [0.3, 0.4) is 0 Å². The smallest absolute Gasteiger partial charge is 0.136 e. The highest BCUT2D eigenvalue weighted by atomic mass is 16.1. The first-order valence-corrected chi connectivity index (χ1v) is 5.47. The third kappa shape index (κ3) is 1.16. The van der Waals surface area contributed by atoms with Crippen LogP contribution < -0.4 is 0 Å². The van der Waals surface area contributed by atoms with Crippen molar-refractivity contribution >= 4 is 11.6 Å². The number of hydrogen-bond acceptors (Lipinski definition) is 2. The second-order valence-electron chi connectivity index (χ2n) is 5.47. The molecular formula is C12H18O2. The molecule has 0 radical (unpaired) electrons. The second kappa shape index (κ2) is 2.91. The minimum Gasteiger partial charge on any atom is -0.300 e. The summed E-state index contributed by atoms with van der Waals surface area (Å²) >= 11 is 0. The number of Topliss-reactive ketones (excluding diaryl/α,β-unsaturated/α-hetero) is 2. The fourth-order valence-corrected chi connectivity index (χ4v) is 3.80. The lowest BCUT2D eigenvalue weighted by Gasteiger charge is -2.52. The second-order valence-corrected chi connectivity index (χ2v) is 5.47. The average Bonchev–Trinajstić information content (AvgIpc) is 2.00. The van der Waals surface area contributed by atoms with Crippen molar-refractivity contribution in [3.05, 3.63) is 0 Å². The van der Waals surface area contributed by atoms with Crippen molar-refractivity contribution in [3.63, 3.8) is 0 Å². The molecule has 0 spiro atoms. The van der Waals surface area contributed by atoms with E-state index < -0.39 is 0 Å². The van der Waals surface area contributed by atoms with Gasteiger partial charge in [0.2, 0.25) is 0 Å². The maximum atomic E-state index is 11.7. The summed E-state index contributed by atoms with van der Waals surface area (Å²) in [5.41, 5.74) is -0.0932. The van der Waals surface area contributed by atoms with Crippen LogP contribution in [0.15, 0.2) is 0 Å². The van der Waals surface area contributed by atoms with E-state index in [1.54, 1.807) is 6.92 Å². The summed E-state index contributed by atoms with van der Waals surface area (Å²) in [5, 5.41) is 0. The van der Waals surface area contributed by atoms with E-state index in [0.717, 1.165) is 12.8 Å². The van der Waals surface area contributed by atoms with Crippen molar-refractivity contribution in [2.24, 2.45) is 23.2 Å². The molecule has 0 aromatic heterocycles. The van der Waals surface area contributed by atoms with E-state index in [-0.39, 0.29) is 23.0 Å². The molecule has 14 heavy (non-hydrogen) atoms. The van der Waals surface area contributed by atoms with Gasteiger partial charge in [0.25, 0.3) is 0 Å². The molecule has 0 amide bonds. The lowest BCUT2D eigenvalue weighted by atomic mass is 9.50. The highest BCUT2D eigenvalue weighted by Crippen LogP contribution is 2.54. The molecule has 3 rings (SSSR count). The molecule has 2 heteroatoms. The van der Waals surface area contributed by atoms with Crippen molar-refractivity contribution in [2.75, 3.05) is 0 Å². The fraction of sp³-hybridized carbons (Fsp3) is 0.833. The normalized spacial score (nSPS) is 39.9. The number of hydrogen-bond donors (Lipinski definition) is 0. The Balaban J connectivity index is 2.37. The molecule has 3 saturated carbocycles. The molecule has 0 saturated heterocycles. The number of rotatable bonds is 1. The van der Waals surface area contributed by atoms with Crippen molar-refractivity contribution in [2.45, 2.75) is 40.0 Å². The largest absolute Gasteiger partial charge is 0.300 e. The van der Waals surface area contributed by atoms with E-state index >= 15 is 0 Å². The van der Waals surface area contributed by atoms with Crippen LogP contribution in [0.25, 0.3) is 0 Å². The predicted molar refractivity (Wildman–Crippen MR) is 53.8 cm³/mol. The van der Waals surface area contributed by atoms with Gasteiger partial charge in [-0.15, -0.1) is 0 Å². The van der Waals surface area contributed by atoms with Gasteiger partial charge >= 0.3 is 0 Å². The van der Waals surface area contributed by atoms with Crippen molar-refractivity contribution in [3.8, 4) is 0 Å². The Morgan fingerprint density at radius 2 is 2.00 bits per heavy atom. The molecule has 0 aromatic rings. The first kappa shape index (κ1) is 9.88. The van der Waals surface area contributed by atoms with Crippen LogP contribution >= 0.6 is 0 Å².